The maximum absolute atomic E-state index is 3.59. The highest BCUT2D eigenvalue weighted by molar-refractivity contribution is 7.98. The van der Waals surface area contributed by atoms with E-state index in [1.165, 1.54) is 23.3 Å². The third-order valence-electron chi connectivity index (χ3n) is 3.12. The molecule has 2 rings (SSSR count). The van der Waals surface area contributed by atoms with E-state index < -0.39 is 0 Å². The molecule has 1 saturated carbocycles. The Morgan fingerprint density at radius 3 is 2.53 bits per heavy atom. The van der Waals surface area contributed by atoms with Gasteiger partial charge in [-0.05, 0) is 49.6 Å². The van der Waals surface area contributed by atoms with Crippen molar-refractivity contribution in [1.82, 2.24) is 5.32 Å². The van der Waals surface area contributed by atoms with Crippen LogP contribution in [0.3, 0.4) is 0 Å². The molecule has 82 valence electrons. The van der Waals surface area contributed by atoms with Crippen LogP contribution in [0.5, 0.6) is 0 Å². The fraction of sp³-hybridized carbons (Fsp3) is 0.538. The van der Waals surface area contributed by atoms with Crippen LogP contribution in [0.4, 0.5) is 0 Å². The van der Waals surface area contributed by atoms with E-state index in [4.69, 9.17) is 0 Å². The zero-order valence-corrected chi connectivity index (χ0v) is 10.3. The molecule has 0 saturated heterocycles. The fourth-order valence-electron chi connectivity index (χ4n) is 1.79. The van der Waals surface area contributed by atoms with Crippen molar-refractivity contribution in [3.63, 3.8) is 0 Å². The van der Waals surface area contributed by atoms with Crippen LogP contribution < -0.4 is 5.32 Å². The molecule has 1 aromatic rings. The Labute approximate surface area is 96.7 Å². The van der Waals surface area contributed by atoms with Crippen LogP contribution in [-0.4, -0.2) is 12.3 Å². The van der Waals surface area contributed by atoms with Crippen molar-refractivity contribution in [2.75, 3.05) is 6.26 Å². The Morgan fingerprint density at radius 1 is 1.33 bits per heavy atom. The van der Waals surface area contributed by atoms with Gasteiger partial charge in [-0.1, -0.05) is 12.1 Å². The van der Waals surface area contributed by atoms with Crippen LogP contribution in [-0.2, 0) is 6.54 Å². The maximum Gasteiger partial charge on any atom is 0.0208 e. The number of thioether (sulfide) groups is 1. The highest BCUT2D eigenvalue weighted by atomic mass is 32.2. The summed E-state index contributed by atoms with van der Waals surface area (Å²) in [6, 6.07) is 9.52. The lowest BCUT2D eigenvalue weighted by molar-refractivity contribution is 0.496. The normalized spacial score (nSPS) is 17.7. The van der Waals surface area contributed by atoms with E-state index in [9.17, 15) is 0 Å². The van der Waals surface area contributed by atoms with Crippen molar-refractivity contribution in [3.8, 4) is 0 Å². The summed E-state index contributed by atoms with van der Waals surface area (Å²) in [6.45, 7) is 3.31. The van der Waals surface area contributed by atoms with Crippen LogP contribution in [0, 0.1) is 5.92 Å². The van der Waals surface area contributed by atoms with Gasteiger partial charge in [-0.25, -0.2) is 0 Å². The van der Waals surface area contributed by atoms with Crippen molar-refractivity contribution in [3.05, 3.63) is 29.8 Å². The molecule has 0 spiro atoms. The minimum Gasteiger partial charge on any atom is -0.310 e. The van der Waals surface area contributed by atoms with E-state index in [2.05, 4.69) is 42.8 Å². The summed E-state index contributed by atoms with van der Waals surface area (Å²) in [7, 11) is 0. The molecular formula is C13H19NS. The zero-order valence-electron chi connectivity index (χ0n) is 9.49. The van der Waals surface area contributed by atoms with Gasteiger partial charge in [0.05, 0.1) is 0 Å². The first-order valence-electron chi connectivity index (χ1n) is 5.66. The average Bonchev–Trinajstić information content (AvgIpc) is 3.10. The first-order chi connectivity index (χ1) is 7.29. The largest absolute Gasteiger partial charge is 0.310 e. The number of nitrogens with one attached hydrogen (secondary N) is 1. The Morgan fingerprint density at radius 2 is 2.00 bits per heavy atom. The van der Waals surface area contributed by atoms with Gasteiger partial charge in [-0.15, -0.1) is 11.8 Å². The van der Waals surface area contributed by atoms with Crippen LogP contribution in [0.2, 0.25) is 0 Å². The third-order valence-corrected chi connectivity index (χ3v) is 3.86. The predicted molar refractivity (Wildman–Crippen MR) is 67.2 cm³/mol. The Hall–Kier alpha value is -0.470. The Balaban J connectivity index is 1.81. The fourth-order valence-corrected chi connectivity index (χ4v) is 2.19. The van der Waals surface area contributed by atoms with Crippen LogP contribution >= 0.6 is 11.8 Å². The molecule has 1 fully saturated rings. The van der Waals surface area contributed by atoms with Gasteiger partial charge < -0.3 is 5.32 Å². The smallest absolute Gasteiger partial charge is 0.0208 e. The molecule has 0 heterocycles. The highest BCUT2D eigenvalue weighted by Crippen LogP contribution is 2.32. The minimum atomic E-state index is 0.685. The van der Waals surface area contributed by atoms with E-state index in [-0.39, 0.29) is 0 Å². The zero-order chi connectivity index (χ0) is 10.7. The number of benzene rings is 1. The van der Waals surface area contributed by atoms with Crippen molar-refractivity contribution in [2.24, 2.45) is 5.92 Å². The Bertz CT molecular complexity index is 303. The second-order valence-electron chi connectivity index (χ2n) is 4.36. The molecule has 1 atom stereocenters. The molecule has 1 aliphatic rings. The van der Waals surface area contributed by atoms with E-state index in [0.29, 0.717) is 6.04 Å². The molecule has 1 aliphatic carbocycles. The molecule has 0 aromatic heterocycles. The minimum absolute atomic E-state index is 0.685. The summed E-state index contributed by atoms with van der Waals surface area (Å²) in [6.07, 6.45) is 4.95. The van der Waals surface area contributed by atoms with Gasteiger partial charge in [-0.2, -0.15) is 0 Å². The predicted octanol–water partition coefficient (Wildman–Crippen LogP) is 3.30. The lowest BCUT2D eigenvalue weighted by atomic mass is 10.2. The van der Waals surface area contributed by atoms with Crippen LogP contribution in [0.15, 0.2) is 29.2 Å². The van der Waals surface area contributed by atoms with Crippen LogP contribution in [0.25, 0.3) is 0 Å². The summed E-state index contributed by atoms with van der Waals surface area (Å²) in [5, 5.41) is 3.59. The van der Waals surface area contributed by atoms with Crippen molar-refractivity contribution >= 4 is 11.8 Å². The molecule has 1 unspecified atom stereocenters. The molecule has 1 N–H and O–H groups in total. The number of hydrogen-bond donors (Lipinski definition) is 1. The number of hydrogen-bond acceptors (Lipinski definition) is 2. The van der Waals surface area contributed by atoms with E-state index in [0.717, 1.165) is 12.5 Å². The summed E-state index contributed by atoms with van der Waals surface area (Å²) in [5.74, 6) is 0.940. The average molecular weight is 221 g/mol. The molecule has 0 radical (unpaired) electrons. The summed E-state index contributed by atoms with van der Waals surface area (Å²) in [5.41, 5.74) is 1.39. The lowest BCUT2D eigenvalue weighted by Crippen LogP contribution is -2.27. The van der Waals surface area contributed by atoms with Gasteiger partial charge >= 0.3 is 0 Å². The third kappa shape index (κ3) is 3.25. The van der Waals surface area contributed by atoms with E-state index in [1.807, 2.05) is 0 Å². The summed E-state index contributed by atoms with van der Waals surface area (Å²) >= 11 is 1.80. The summed E-state index contributed by atoms with van der Waals surface area (Å²) < 4.78 is 0. The second kappa shape index (κ2) is 5.04. The van der Waals surface area contributed by atoms with Gasteiger partial charge in [0.2, 0.25) is 0 Å². The standard InChI is InChI=1S/C13H19NS/c1-10(12-5-6-12)14-9-11-3-7-13(15-2)8-4-11/h3-4,7-8,10,12,14H,5-6,9H2,1-2H3. The molecule has 1 aromatic carbocycles. The SMILES string of the molecule is CSc1ccc(CNC(C)C2CC2)cc1. The van der Waals surface area contributed by atoms with E-state index >= 15 is 0 Å². The second-order valence-corrected chi connectivity index (χ2v) is 5.23. The molecule has 0 aliphatic heterocycles. The van der Waals surface area contributed by atoms with Gasteiger partial charge in [-0.3, -0.25) is 0 Å². The van der Waals surface area contributed by atoms with Crippen molar-refractivity contribution in [1.29, 1.82) is 0 Å². The lowest BCUT2D eigenvalue weighted by Gasteiger charge is -2.12. The quantitative estimate of drug-likeness (QED) is 0.766. The first kappa shape index (κ1) is 11.0. The maximum atomic E-state index is 3.59. The molecule has 15 heavy (non-hydrogen) atoms. The molecule has 2 heteroatoms. The molecule has 1 nitrogen and oxygen atoms in total. The van der Waals surface area contributed by atoms with Crippen molar-refractivity contribution < 1.29 is 0 Å². The Kier molecular flexibility index (Phi) is 3.71. The van der Waals surface area contributed by atoms with Gasteiger partial charge in [0.1, 0.15) is 0 Å². The molecule has 0 bridgehead atoms. The highest BCUT2D eigenvalue weighted by Gasteiger charge is 2.27. The number of rotatable bonds is 5. The van der Waals surface area contributed by atoms with Crippen LogP contribution in [0.1, 0.15) is 25.3 Å². The monoisotopic (exact) mass is 221 g/mol. The summed E-state index contributed by atoms with van der Waals surface area (Å²) in [4.78, 5) is 1.34. The first-order valence-corrected chi connectivity index (χ1v) is 6.88. The van der Waals surface area contributed by atoms with Gasteiger partial charge in [0.15, 0.2) is 0 Å². The van der Waals surface area contributed by atoms with Crippen molar-refractivity contribution in [2.45, 2.75) is 37.2 Å². The topological polar surface area (TPSA) is 12.0 Å². The van der Waals surface area contributed by atoms with Gasteiger partial charge in [0, 0.05) is 17.5 Å². The molecular weight excluding hydrogens is 202 g/mol. The molecule has 0 amide bonds. The van der Waals surface area contributed by atoms with Gasteiger partial charge in [0.25, 0.3) is 0 Å². The van der Waals surface area contributed by atoms with E-state index in [1.54, 1.807) is 11.8 Å².